The van der Waals surface area contributed by atoms with E-state index in [1.165, 1.54) is 54.4 Å². The van der Waals surface area contributed by atoms with E-state index in [1.807, 2.05) is 0 Å². The van der Waals surface area contributed by atoms with Gasteiger partial charge in [0.05, 0.1) is 6.16 Å². The van der Waals surface area contributed by atoms with E-state index >= 15 is 0 Å². The van der Waals surface area contributed by atoms with E-state index < -0.39 is 7.26 Å². The SMILES string of the molecule is BrCCCCCCCC=CC[P+](c1ccccc1)(c1ccccc1)c1ccccc1.[I-]. The average Bonchev–Trinajstić information content (AvgIpc) is 2.82. The van der Waals surface area contributed by atoms with Crippen molar-refractivity contribution < 1.29 is 24.0 Å². The van der Waals surface area contributed by atoms with E-state index in [0.29, 0.717) is 0 Å². The van der Waals surface area contributed by atoms with Gasteiger partial charge in [0, 0.05) is 5.33 Å². The zero-order valence-corrected chi connectivity index (χ0v) is 22.8. The van der Waals surface area contributed by atoms with E-state index in [-0.39, 0.29) is 24.0 Å². The van der Waals surface area contributed by atoms with Crippen LogP contribution in [0.2, 0.25) is 0 Å². The molecule has 3 aromatic carbocycles. The van der Waals surface area contributed by atoms with Crippen LogP contribution < -0.4 is 39.9 Å². The summed E-state index contributed by atoms with van der Waals surface area (Å²) in [4.78, 5) is 0. The number of benzene rings is 3. The molecule has 0 saturated heterocycles. The van der Waals surface area contributed by atoms with Crippen molar-refractivity contribution in [3.8, 4) is 0 Å². The van der Waals surface area contributed by atoms with Crippen molar-refractivity contribution in [1.29, 1.82) is 0 Å². The van der Waals surface area contributed by atoms with Gasteiger partial charge in [-0.25, -0.2) is 0 Å². The fourth-order valence-corrected chi connectivity index (χ4v) is 8.48. The Bertz CT molecular complexity index is 769. The summed E-state index contributed by atoms with van der Waals surface area (Å²) < 4.78 is 0. The van der Waals surface area contributed by atoms with Crippen molar-refractivity contribution in [2.24, 2.45) is 0 Å². The summed E-state index contributed by atoms with van der Waals surface area (Å²) in [5, 5.41) is 5.52. The molecule has 0 aliphatic carbocycles. The van der Waals surface area contributed by atoms with Gasteiger partial charge in [0.1, 0.15) is 23.2 Å². The quantitative estimate of drug-likeness (QED) is 0.0950. The second-order valence-electron chi connectivity index (χ2n) is 7.72. The molecule has 0 spiro atoms. The number of alkyl halides is 1. The minimum Gasteiger partial charge on any atom is -1.00 e. The molecule has 3 aromatic rings. The van der Waals surface area contributed by atoms with Gasteiger partial charge in [-0.2, -0.15) is 0 Å². The Morgan fingerprint density at radius 3 is 1.42 bits per heavy atom. The van der Waals surface area contributed by atoms with Crippen LogP contribution in [-0.4, -0.2) is 11.5 Å². The molecule has 0 nitrogen and oxygen atoms in total. The molecule has 3 heteroatoms. The highest BCUT2D eigenvalue weighted by molar-refractivity contribution is 9.09. The van der Waals surface area contributed by atoms with Gasteiger partial charge in [0.2, 0.25) is 0 Å². The summed E-state index contributed by atoms with van der Waals surface area (Å²) in [5.41, 5.74) is 0. The molecule has 0 aromatic heterocycles. The number of unbranched alkanes of at least 4 members (excludes halogenated alkanes) is 5. The number of halogens is 2. The number of rotatable bonds is 12. The van der Waals surface area contributed by atoms with Gasteiger partial charge in [0.25, 0.3) is 0 Å². The first kappa shape index (κ1) is 26.3. The molecule has 164 valence electrons. The number of hydrogen-bond acceptors (Lipinski definition) is 0. The molecule has 0 aliphatic heterocycles. The van der Waals surface area contributed by atoms with Crippen molar-refractivity contribution in [2.75, 3.05) is 11.5 Å². The molecule has 3 rings (SSSR count). The van der Waals surface area contributed by atoms with Crippen LogP contribution in [0.4, 0.5) is 0 Å². The first-order valence-corrected chi connectivity index (χ1v) is 14.2. The molecule has 0 heterocycles. The zero-order valence-electron chi connectivity index (χ0n) is 18.2. The summed E-state index contributed by atoms with van der Waals surface area (Å²) >= 11 is 3.52. The smallest absolute Gasteiger partial charge is 0.115 e. The van der Waals surface area contributed by atoms with Crippen LogP contribution in [0.25, 0.3) is 0 Å². The maximum Gasteiger partial charge on any atom is 0.115 e. The molecule has 31 heavy (non-hydrogen) atoms. The van der Waals surface area contributed by atoms with E-state index in [9.17, 15) is 0 Å². The minimum atomic E-state index is -1.72. The lowest BCUT2D eigenvalue weighted by Gasteiger charge is -2.26. The highest BCUT2D eigenvalue weighted by Crippen LogP contribution is 2.55. The Labute approximate surface area is 215 Å². The van der Waals surface area contributed by atoms with E-state index in [2.05, 4.69) is 119 Å². The summed E-state index contributed by atoms with van der Waals surface area (Å²) in [5.74, 6) is 0. The van der Waals surface area contributed by atoms with Crippen LogP contribution in [0.5, 0.6) is 0 Å². The summed E-state index contributed by atoms with van der Waals surface area (Å²) in [6.07, 6.45) is 13.8. The lowest BCUT2D eigenvalue weighted by Crippen LogP contribution is -3.00. The minimum absolute atomic E-state index is 0. The largest absolute Gasteiger partial charge is 1.00 e. The molecule has 0 radical (unpaired) electrons. The predicted octanol–water partition coefficient (Wildman–Crippen LogP) is 4.28. The Morgan fingerprint density at radius 2 is 0.968 bits per heavy atom. The molecular weight excluding hydrogens is 574 g/mol. The van der Waals surface area contributed by atoms with Gasteiger partial charge >= 0.3 is 0 Å². The second kappa shape index (κ2) is 15.0. The monoisotopic (exact) mass is 606 g/mol. The standard InChI is InChI=1S/C28H33BrP.HI/c29-24-16-5-3-1-2-4-6-17-25-30(26-18-10-7-11-19-26,27-20-12-8-13-21-27)28-22-14-9-15-23-28;/h6-15,17-23H,1-5,16,24-25H2;1H/q+1;/p-1. The van der Waals surface area contributed by atoms with Crippen LogP contribution in [0, 0.1) is 0 Å². The van der Waals surface area contributed by atoms with Crippen LogP contribution >= 0.6 is 23.2 Å². The first-order valence-electron chi connectivity index (χ1n) is 11.1. The molecule has 0 aliphatic rings. The number of allylic oxidation sites excluding steroid dienone is 2. The van der Waals surface area contributed by atoms with Crippen LogP contribution in [0.3, 0.4) is 0 Å². The number of hydrogen-bond donors (Lipinski definition) is 0. The average molecular weight is 607 g/mol. The lowest BCUT2D eigenvalue weighted by molar-refractivity contribution is -0.00000585. The maximum atomic E-state index is 3.52. The van der Waals surface area contributed by atoms with Gasteiger partial charge in [-0.15, -0.1) is 0 Å². The van der Waals surface area contributed by atoms with Gasteiger partial charge in [-0.05, 0) is 55.7 Å². The summed E-state index contributed by atoms with van der Waals surface area (Å²) in [6, 6.07) is 33.4. The van der Waals surface area contributed by atoms with Crippen molar-refractivity contribution in [3.05, 3.63) is 103 Å². The van der Waals surface area contributed by atoms with E-state index in [1.54, 1.807) is 0 Å². The third kappa shape index (κ3) is 7.55. The molecule has 0 saturated carbocycles. The van der Waals surface area contributed by atoms with Gasteiger partial charge in [-0.1, -0.05) is 102 Å². The Kier molecular flexibility index (Phi) is 12.7. The molecule has 0 fully saturated rings. The Balaban J connectivity index is 0.00000341. The van der Waals surface area contributed by atoms with Gasteiger partial charge in [-0.3, -0.25) is 0 Å². The molecule has 0 N–H and O–H groups in total. The van der Waals surface area contributed by atoms with Crippen LogP contribution in [0.15, 0.2) is 103 Å². The van der Waals surface area contributed by atoms with Gasteiger partial charge in [0.15, 0.2) is 0 Å². The molecule has 0 atom stereocenters. The summed E-state index contributed by atoms with van der Waals surface area (Å²) in [6.45, 7) is 0. The lowest BCUT2D eigenvalue weighted by atomic mass is 10.1. The van der Waals surface area contributed by atoms with Crippen molar-refractivity contribution >= 4 is 39.1 Å². The van der Waals surface area contributed by atoms with Crippen molar-refractivity contribution in [3.63, 3.8) is 0 Å². The second-order valence-corrected chi connectivity index (χ2v) is 12.0. The highest BCUT2D eigenvalue weighted by atomic mass is 127. The molecular formula is C28H33BrIP. The fraction of sp³-hybridized carbons (Fsp3) is 0.286. The zero-order chi connectivity index (χ0) is 20.9. The Morgan fingerprint density at radius 1 is 0.548 bits per heavy atom. The molecule has 0 amide bonds. The third-order valence-corrected chi connectivity index (χ3v) is 10.5. The third-order valence-electron chi connectivity index (χ3n) is 5.64. The van der Waals surface area contributed by atoms with Crippen LogP contribution in [-0.2, 0) is 0 Å². The van der Waals surface area contributed by atoms with Gasteiger partial charge < -0.3 is 24.0 Å². The van der Waals surface area contributed by atoms with E-state index in [4.69, 9.17) is 0 Å². The normalized spacial score (nSPS) is 11.4. The van der Waals surface area contributed by atoms with E-state index in [0.717, 1.165) is 11.5 Å². The predicted molar refractivity (Wildman–Crippen MR) is 141 cm³/mol. The maximum absolute atomic E-state index is 3.52. The van der Waals surface area contributed by atoms with Crippen LogP contribution in [0.1, 0.15) is 38.5 Å². The topological polar surface area (TPSA) is 0 Å². The molecule has 0 unspecified atom stereocenters. The van der Waals surface area contributed by atoms with Crippen molar-refractivity contribution in [2.45, 2.75) is 38.5 Å². The first-order chi connectivity index (χ1) is 14.9. The Hall–Kier alpha value is -0.960. The highest BCUT2D eigenvalue weighted by Gasteiger charge is 2.43. The van der Waals surface area contributed by atoms with Crippen molar-refractivity contribution in [1.82, 2.24) is 0 Å². The molecule has 0 bridgehead atoms. The summed E-state index contributed by atoms with van der Waals surface area (Å²) in [7, 11) is -1.72. The fourth-order valence-electron chi connectivity index (χ4n) is 4.05.